The number of esters is 1. The molecule has 1 aromatic rings. The summed E-state index contributed by atoms with van der Waals surface area (Å²) in [4.78, 5) is 34.0. The molecule has 0 fully saturated rings. The highest BCUT2D eigenvalue weighted by Crippen LogP contribution is 2.34. The molecule has 0 bridgehead atoms. The number of nitrogens with one attached hydrogen (secondary N) is 2. The SMILES string of the molecule is C[C@H](OC(=O)CCNC(N)=O)C(=O)Nc1ccc2c(c1)OCO2. The lowest BCUT2D eigenvalue weighted by atomic mass is 10.2. The van der Waals surface area contributed by atoms with Crippen molar-refractivity contribution in [2.75, 3.05) is 18.7 Å². The van der Waals surface area contributed by atoms with Crippen molar-refractivity contribution < 1.29 is 28.6 Å². The van der Waals surface area contributed by atoms with Gasteiger partial charge in [-0.1, -0.05) is 0 Å². The molecule has 2 rings (SSSR count). The molecule has 1 aliphatic heterocycles. The number of rotatable bonds is 6. The summed E-state index contributed by atoms with van der Waals surface area (Å²) in [5, 5.41) is 4.86. The van der Waals surface area contributed by atoms with Crippen LogP contribution in [0.3, 0.4) is 0 Å². The smallest absolute Gasteiger partial charge is 0.312 e. The van der Waals surface area contributed by atoms with Crippen molar-refractivity contribution in [3.05, 3.63) is 18.2 Å². The maximum absolute atomic E-state index is 12.0. The minimum atomic E-state index is -0.985. The largest absolute Gasteiger partial charge is 0.454 e. The molecule has 1 aliphatic rings. The van der Waals surface area contributed by atoms with Gasteiger partial charge in [-0.3, -0.25) is 9.59 Å². The summed E-state index contributed by atoms with van der Waals surface area (Å²) in [6.07, 6.45) is -1.06. The number of amides is 3. The molecule has 0 radical (unpaired) electrons. The van der Waals surface area contributed by atoms with Gasteiger partial charge in [-0.25, -0.2) is 4.79 Å². The van der Waals surface area contributed by atoms with Gasteiger partial charge in [0.05, 0.1) is 6.42 Å². The molecule has 9 heteroatoms. The Hall–Kier alpha value is -2.97. The van der Waals surface area contributed by atoms with Crippen LogP contribution in [0.2, 0.25) is 0 Å². The fraction of sp³-hybridized carbons (Fsp3) is 0.357. The summed E-state index contributed by atoms with van der Waals surface area (Å²) < 4.78 is 15.3. The van der Waals surface area contributed by atoms with Crippen LogP contribution in [-0.4, -0.2) is 37.3 Å². The quantitative estimate of drug-likeness (QED) is 0.648. The van der Waals surface area contributed by atoms with Gasteiger partial charge in [-0.15, -0.1) is 0 Å². The van der Waals surface area contributed by atoms with E-state index in [2.05, 4.69) is 10.6 Å². The monoisotopic (exact) mass is 323 g/mol. The number of ether oxygens (including phenoxy) is 3. The second kappa shape index (κ2) is 7.34. The maximum Gasteiger partial charge on any atom is 0.312 e. The zero-order chi connectivity index (χ0) is 16.8. The summed E-state index contributed by atoms with van der Waals surface area (Å²) in [7, 11) is 0. The average Bonchev–Trinajstić information content (AvgIpc) is 2.94. The van der Waals surface area contributed by atoms with Crippen molar-refractivity contribution in [3.8, 4) is 11.5 Å². The van der Waals surface area contributed by atoms with Crippen LogP contribution in [0, 0.1) is 0 Å². The van der Waals surface area contributed by atoms with E-state index >= 15 is 0 Å². The average molecular weight is 323 g/mol. The Balaban J connectivity index is 1.80. The van der Waals surface area contributed by atoms with Gasteiger partial charge in [0.15, 0.2) is 17.6 Å². The van der Waals surface area contributed by atoms with Gasteiger partial charge < -0.3 is 30.6 Å². The molecule has 0 aliphatic carbocycles. The first-order valence-electron chi connectivity index (χ1n) is 6.89. The van der Waals surface area contributed by atoms with E-state index in [0.29, 0.717) is 17.2 Å². The van der Waals surface area contributed by atoms with Crippen LogP contribution in [0.1, 0.15) is 13.3 Å². The molecule has 0 spiro atoms. The van der Waals surface area contributed by atoms with Gasteiger partial charge in [0.2, 0.25) is 6.79 Å². The molecule has 4 N–H and O–H groups in total. The van der Waals surface area contributed by atoms with E-state index in [-0.39, 0.29) is 19.8 Å². The van der Waals surface area contributed by atoms with Crippen molar-refractivity contribution in [1.29, 1.82) is 0 Å². The summed E-state index contributed by atoms with van der Waals surface area (Å²) in [5.74, 6) is 0.0292. The Kier molecular flexibility index (Phi) is 5.23. The fourth-order valence-corrected chi connectivity index (χ4v) is 1.82. The summed E-state index contributed by atoms with van der Waals surface area (Å²) in [5.41, 5.74) is 5.37. The second-order valence-electron chi connectivity index (χ2n) is 4.73. The minimum Gasteiger partial charge on any atom is -0.454 e. The van der Waals surface area contributed by atoms with Gasteiger partial charge in [0.1, 0.15) is 0 Å². The van der Waals surface area contributed by atoms with Gasteiger partial charge in [-0.2, -0.15) is 0 Å². The highest BCUT2D eigenvalue weighted by Gasteiger charge is 2.19. The molecule has 9 nitrogen and oxygen atoms in total. The lowest BCUT2D eigenvalue weighted by Gasteiger charge is -2.13. The second-order valence-corrected chi connectivity index (χ2v) is 4.73. The fourth-order valence-electron chi connectivity index (χ4n) is 1.82. The van der Waals surface area contributed by atoms with Gasteiger partial charge in [-0.05, 0) is 19.1 Å². The Morgan fingerprint density at radius 1 is 1.30 bits per heavy atom. The minimum absolute atomic E-state index is 0.0463. The van der Waals surface area contributed by atoms with Crippen LogP contribution in [-0.2, 0) is 14.3 Å². The molecule has 0 saturated carbocycles. The third kappa shape index (κ3) is 4.77. The number of fused-ring (bicyclic) bond motifs is 1. The molecule has 1 aromatic carbocycles. The molecule has 23 heavy (non-hydrogen) atoms. The molecule has 124 valence electrons. The number of carbonyl (C=O) groups excluding carboxylic acids is 3. The van der Waals surface area contributed by atoms with Crippen LogP contribution in [0.25, 0.3) is 0 Å². The number of benzene rings is 1. The lowest BCUT2D eigenvalue weighted by molar-refractivity contribution is -0.153. The zero-order valence-corrected chi connectivity index (χ0v) is 12.5. The number of nitrogens with two attached hydrogens (primary N) is 1. The van der Waals surface area contributed by atoms with E-state index in [1.165, 1.54) is 6.92 Å². The van der Waals surface area contributed by atoms with E-state index < -0.39 is 24.0 Å². The van der Waals surface area contributed by atoms with Gasteiger partial charge in [0, 0.05) is 18.3 Å². The van der Waals surface area contributed by atoms with E-state index in [4.69, 9.17) is 19.9 Å². The molecular formula is C14H17N3O6. The lowest BCUT2D eigenvalue weighted by Crippen LogP contribution is -2.33. The maximum atomic E-state index is 12.0. The third-order valence-corrected chi connectivity index (χ3v) is 2.95. The van der Waals surface area contributed by atoms with Crippen LogP contribution in [0.5, 0.6) is 11.5 Å². The van der Waals surface area contributed by atoms with Crippen molar-refractivity contribution in [3.63, 3.8) is 0 Å². The summed E-state index contributed by atoms with van der Waals surface area (Å²) in [6.45, 7) is 1.63. The number of anilines is 1. The normalized spacial score (nSPS) is 13.1. The Morgan fingerprint density at radius 2 is 2.04 bits per heavy atom. The summed E-state index contributed by atoms with van der Waals surface area (Å²) >= 11 is 0. The number of primary amides is 1. The van der Waals surface area contributed by atoms with E-state index in [1.807, 2.05) is 0 Å². The van der Waals surface area contributed by atoms with Crippen molar-refractivity contribution in [1.82, 2.24) is 5.32 Å². The van der Waals surface area contributed by atoms with E-state index in [1.54, 1.807) is 18.2 Å². The predicted molar refractivity (Wildman–Crippen MR) is 79.0 cm³/mol. The van der Waals surface area contributed by atoms with Crippen molar-refractivity contribution in [2.45, 2.75) is 19.4 Å². The van der Waals surface area contributed by atoms with Crippen molar-refractivity contribution in [2.24, 2.45) is 5.73 Å². The highest BCUT2D eigenvalue weighted by atomic mass is 16.7. The summed E-state index contributed by atoms with van der Waals surface area (Å²) in [6, 6.07) is 4.21. The predicted octanol–water partition coefficient (Wildman–Crippen LogP) is 0.344. The van der Waals surface area contributed by atoms with Crippen LogP contribution in [0.15, 0.2) is 18.2 Å². The van der Waals surface area contributed by atoms with Crippen molar-refractivity contribution >= 4 is 23.6 Å². The van der Waals surface area contributed by atoms with E-state index in [0.717, 1.165) is 0 Å². The first kappa shape index (κ1) is 16.4. The Morgan fingerprint density at radius 3 is 2.78 bits per heavy atom. The Bertz CT molecular complexity index is 619. The third-order valence-electron chi connectivity index (χ3n) is 2.95. The molecule has 0 aromatic heterocycles. The standard InChI is InChI=1S/C14H17N3O6/c1-8(23-12(18)4-5-16-14(15)20)13(19)17-9-2-3-10-11(6-9)22-7-21-10/h2-3,6,8H,4-5,7H2,1H3,(H,17,19)(H3,15,16,20)/t8-/m0/s1. The van der Waals surface area contributed by atoms with Crippen LogP contribution in [0.4, 0.5) is 10.5 Å². The highest BCUT2D eigenvalue weighted by molar-refractivity contribution is 5.95. The first-order chi connectivity index (χ1) is 11.0. The molecule has 1 atom stereocenters. The van der Waals surface area contributed by atoms with Crippen LogP contribution < -0.4 is 25.8 Å². The molecular weight excluding hydrogens is 306 g/mol. The zero-order valence-electron chi connectivity index (χ0n) is 12.5. The van der Waals surface area contributed by atoms with Crippen LogP contribution >= 0.6 is 0 Å². The molecule has 3 amide bonds. The van der Waals surface area contributed by atoms with Gasteiger partial charge in [0.25, 0.3) is 5.91 Å². The molecule has 0 saturated heterocycles. The van der Waals surface area contributed by atoms with Gasteiger partial charge >= 0.3 is 12.0 Å². The first-order valence-corrected chi connectivity index (χ1v) is 6.89. The number of urea groups is 1. The number of hydrogen-bond donors (Lipinski definition) is 3. The van der Waals surface area contributed by atoms with E-state index in [9.17, 15) is 14.4 Å². The number of carbonyl (C=O) groups is 3. The Labute approximate surface area is 132 Å². The topological polar surface area (TPSA) is 129 Å². The molecule has 0 unspecified atom stereocenters. The number of hydrogen-bond acceptors (Lipinski definition) is 6. The molecule has 1 heterocycles.